The number of hydrogen-bond acceptors (Lipinski definition) is 3. The zero-order valence-corrected chi connectivity index (χ0v) is 9.31. The number of imidazole rings is 1. The van der Waals surface area contributed by atoms with Gasteiger partial charge in [0.1, 0.15) is 5.65 Å². The van der Waals surface area contributed by atoms with Crippen molar-refractivity contribution in [3.8, 4) is 0 Å². The average Bonchev–Trinajstić information content (AvgIpc) is 2.87. The molecule has 0 radical (unpaired) electrons. The lowest BCUT2D eigenvalue weighted by molar-refractivity contribution is 0.193. The molecule has 1 aliphatic heterocycles. The van der Waals surface area contributed by atoms with Gasteiger partial charge >= 0.3 is 0 Å². The van der Waals surface area contributed by atoms with Crippen LogP contribution >= 0.6 is 0 Å². The smallest absolute Gasteiger partial charge is 0.137 e. The summed E-state index contributed by atoms with van der Waals surface area (Å²) < 4.78 is 7.47. The molecule has 84 valence electrons. The first-order valence-electron chi connectivity index (χ1n) is 5.57. The summed E-state index contributed by atoms with van der Waals surface area (Å²) in [6.07, 6.45) is 3.00. The van der Waals surface area contributed by atoms with E-state index in [1.165, 1.54) is 5.69 Å². The topological polar surface area (TPSA) is 52.5 Å². The number of nitrogens with two attached hydrogens (primary N) is 1. The van der Waals surface area contributed by atoms with E-state index in [4.69, 9.17) is 10.5 Å². The van der Waals surface area contributed by atoms with Crippen LogP contribution in [0.15, 0.2) is 18.3 Å². The SMILES string of the molecule is Cc1c(C2CCOC2)nc2ccc(N)cn12. The second-order valence-electron chi connectivity index (χ2n) is 4.33. The summed E-state index contributed by atoms with van der Waals surface area (Å²) in [4.78, 5) is 4.66. The molecule has 1 atom stereocenters. The Bertz CT molecular complexity index is 526. The summed E-state index contributed by atoms with van der Waals surface area (Å²) in [7, 11) is 0. The predicted octanol–water partition coefficient (Wildman–Crippen LogP) is 1.73. The number of fused-ring (bicyclic) bond motifs is 1. The molecule has 1 saturated heterocycles. The third-order valence-electron chi connectivity index (χ3n) is 3.23. The van der Waals surface area contributed by atoms with Crippen molar-refractivity contribution in [2.24, 2.45) is 0 Å². The van der Waals surface area contributed by atoms with Gasteiger partial charge in [0, 0.05) is 30.1 Å². The number of hydrogen-bond donors (Lipinski definition) is 1. The van der Waals surface area contributed by atoms with Crippen molar-refractivity contribution in [2.45, 2.75) is 19.3 Å². The number of rotatable bonds is 1. The van der Waals surface area contributed by atoms with Crippen molar-refractivity contribution in [1.82, 2.24) is 9.38 Å². The second kappa shape index (κ2) is 3.49. The van der Waals surface area contributed by atoms with E-state index in [0.29, 0.717) is 5.92 Å². The highest BCUT2D eigenvalue weighted by molar-refractivity contribution is 5.50. The first kappa shape index (κ1) is 9.66. The minimum absolute atomic E-state index is 0.445. The van der Waals surface area contributed by atoms with Crippen LogP contribution in [0.1, 0.15) is 23.7 Å². The maximum absolute atomic E-state index is 5.78. The fourth-order valence-electron chi connectivity index (χ4n) is 2.33. The largest absolute Gasteiger partial charge is 0.398 e. The number of nitrogen functional groups attached to an aromatic ring is 1. The van der Waals surface area contributed by atoms with Gasteiger partial charge in [-0.3, -0.25) is 0 Å². The van der Waals surface area contributed by atoms with E-state index in [-0.39, 0.29) is 0 Å². The fraction of sp³-hybridized carbons (Fsp3) is 0.417. The van der Waals surface area contributed by atoms with E-state index in [0.717, 1.165) is 36.7 Å². The molecule has 1 aliphatic rings. The van der Waals surface area contributed by atoms with Gasteiger partial charge in [-0.2, -0.15) is 0 Å². The lowest BCUT2D eigenvalue weighted by atomic mass is 10.0. The molecule has 0 spiro atoms. The number of nitrogens with zero attached hydrogens (tertiary/aromatic N) is 2. The lowest BCUT2D eigenvalue weighted by Crippen LogP contribution is -2.00. The summed E-state index contributed by atoms with van der Waals surface area (Å²) >= 11 is 0. The van der Waals surface area contributed by atoms with Gasteiger partial charge in [-0.25, -0.2) is 4.98 Å². The molecule has 0 amide bonds. The van der Waals surface area contributed by atoms with E-state index < -0.39 is 0 Å². The first-order valence-corrected chi connectivity index (χ1v) is 5.57. The maximum atomic E-state index is 5.78. The second-order valence-corrected chi connectivity index (χ2v) is 4.33. The molecular formula is C12H15N3O. The molecule has 1 fully saturated rings. The van der Waals surface area contributed by atoms with E-state index in [1.54, 1.807) is 0 Å². The third kappa shape index (κ3) is 1.38. The van der Waals surface area contributed by atoms with E-state index in [9.17, 15) is 0 Å². The zero-order chi connectivity index (χ0) is 11.1. The Balaban J connectivity index is 2.15. The lowest BCUT2D eigenvalue weighted by Gasteiger charge is -2.04. The van der Waals surface area contributed by atoms with Crippen molar-refractivity contribution in [3.63, 3.8) is 0 Å². The molecule has 1 unspecified atom stereocenters. The van der Waals surface area contributed by atoms with E-state index in [2.05, 4.69) is 16.3 Å². The number of pyridine rings is 1. The van der Waals surface area contributed by atoms with E-state index in [1.807, 2.05) is 18.3 Å². The van der Waals surface area contributed by atoms with Gasteiger partial charge in [0.15, 0.2) is 0 Å². The van der Waals surface area contributed by atoms with Gasteiger partial charge in [0.25, 0.3) is 0 Å². The highest BCUT2D eigenvalue weighted by atomic mass is 16.5. The van der Waals surface area contributed by atoms with Crippen LogP contribution in [0.4, 0.5) is 5.69 Å². The monoisotopic (exact) mass is 217 g/mol. The first-order chi connectivity index (χ1) is 7.75. The summed E-state index contributed by atoms with van der Waals surface area (Å²) in [5.41, 5.74) is 9.85. The van der Waals surface area contributed by atoms with Gasteiger partial charge in [-0.05, 0) is 25.5 Å². The van der Waals surface area contributed by atoms with Crippen LogP contribution in [-0.4, -0.2) is 22.6 Å². The molecule has 0 saturated carbocycles. The molecule has 2 aromatic rings. The molecule has 0 bridgehead atoms. The van der Waals surface area contributed by atoms with Crippen LogP contribution in [0.3, 0.4) is 0 Å². The molecule has 4 nitrogen and oxygen atoms in total. The molecular weight excluding hydrogens is 202 g/mol. The van der Waals surface area contributed by atoms with Crippen LogP contribution in [0, 0.1) is 6.92 Å². The van der Waals surface area contributed by atoms with Crippen molar-refractivity contribution < 1.29 is 4.74 Å². The molecule has 4 heteroatoms. The molecule has 0 aromatic carbocycles. The minimum Gasteiger partial charge on any atom is -0.398 e. The summed E-state index contributed by atoms with van der Waals surface area (Å²) in [5.74, 6) is 0.445. The molecule has 2 N–H and O–H groups in total. The summed E-state index contributed by atoms with van der Waals surface area (Å²) in [6, 6.07) is 3.85. The van der Waals surface area contributed by atoms with Crippen LogP contribution in [-0.2, 0) is 4.74 Å². The Morgan fingerprint density at radius 2 is 2.38 bits per heavy atom. The quantitative estimate of drug-likeness (QED) is 0.791. The standard InChI is InChI=1S/C12H15N3O/c1-8-12(9-4-5-16-7-9)14-11-3-2-10(13)6-15(8)11/h2-3,6,9H,4-5,7,13H2,1H3. The van der Waals surface area contributed by atoms with Gasteiger partial charge < -0.3 is 14.9 Å². The molecule has 0 aliphatic carbocycles. The minimum atomic E-state index is 0.445. The normalized spacial score (nSPS) is 20.7. The summed E-state index contributed by atoms with van der Waals surface area (Å²) in [5, 5.41) is 0. The van der Waals surface area contributed by atoms with Crippen LogP contribution in [0.2, 0.25) is 0 Å². The van der Waals surface area contributed by atoms with Gasteiger partial charge in [-0.15, -0.1) is 0 Å². The van der Waals surface area contributed by atoms with Crippen LogP contribution in [0.5, 0.6) is 0 Å². The van der Waals surface area contributed by atoms with Crippen molar-refractivity contribution in [3.05, 3.63) is 29.7 Å². The Morgan fingerprint density at radius 1 is 1.50 bits per heavy atom. The van der Waals surface area contributed by atoms with Crippen LogP contribution < -0.4 is 5.73 Å². The molecule has 2 aromatic heterocycles. The Hall–Kier alpha value is -1.55. The number of anilines is 1. The molecule has 3 heterocycles. The Morgan fingerprint density at radius 3 is 3.12 bits per heavy atom. The van der Waals surface area contributed by atoms with Crippen molar-refractivity contribution >= 4 is 11.3 Å². The number of ether oxygens (including phenoxy) is 1. The Labute approximate surface area is 94.0 Å². The van der Waals surface area contributed by atoms with E-state index >= 15 is 0 Å². The Kier molecular flexibility index (Phi) is 2.11. The highest BCUT2D eigenvalue weighted by Gasteiger charge is 2.23. The number of aryl methyl sites for hydroxylation is 1. The average molecular weight is 217 g/mol. The highest BCUT2D eigenvalue weighted by Crippen LogP contribution is 2.28. The fourth-order valence-corrected chi connectivity index (χ4v) is 2.33. The van der Waals surface area contributed by atoms with Crippen LogP contribution in [0.25, 0.3) is 5.65 Å². The third-order valence-corrected chi connectivity index (χ3v) is 3.23. The molecule has 3 rings (SSSR count). The van der Waals surface area contributed by atoms with Crippen molar-refractivity contribution in [2.75, 3.05) is 18.9 Å². The number of aromatic nitrogens is 2. The maximum Gasteiger partial charge on any atom is 0.137 e. The summed E-state index contributed by atoms with van der Waals surface area (Å²) in [6.45, 7) is 3.73. The van der Waals surface area contributed by atoms with Gasteiger partial charge in [0.2, 0.25) is 0 Å². The van der Waals surface area contributed by atoms with Crippen molar-refractivity contribution in [1.29, 1.82) is 0 Å². The van der Waals surface area contributed by atoms with Gasteiger partial charge in [-0.1, -0.05) is 0 Å². The van der Waals surface area contributed by atoms with Gasteiger partial charge in [0.05, 0.1) is 12.3 Å². The predicted molar refractivity (Wildman–Crippen MR) is 62.5 cm³/mol. The zero-order valence-electron chi connectivity index (χ0n) is 9.31. The molecule has 16 heavy (non-hydrogen) atoms.